The van der Waals surface area contributed by atoms with E-state index < -0.39 is 29.5 Å². The fourth-order valence-electron chi connectivity index (χ4n) is 1.38. The second kappa shape index (κ2) is 4.91. The number of hydrogen-bond donors (Lipinski definition) is 2. The predicted molar refractivity (Wildman–Crippen MR) is 61.1 cm³/mol. The van der Waals surface area contributed by atoms with Gasteiger partial charge in [-0.15, -0.1) is 0 Å². The Bertz CT molecular complexity index is 641. The zero-order chi connectivity index (χ0) is 14.9. The number of alkyl halides is 3. The van der Waals surface area contributed by atoms with Crippen LogP contribution in [0.2, 0.25) is 0 Å². The molecule has 0 aliphatic rings. The highest BCUT2D eigenvalue weighted by Gasteiger charge is 2.35. The van der Waals surface area contributed by atoms with Crippen molar-refractivity contribution < 1.29 is 22.0 Å². The number of halogens is 5. The normalized spacial score (nSPS) is 11.4. The largest absolute Gasteiger partial charge is 0.451 e. The summed E-state index contributed by atoms with van der Waals surface area (Å²) in [6, 6.07) is 3.79. The molecular weight excluding hydrogens is 283 g/mol. The lowest BCUT2D eigenvalue weighted by atomic mass is 10.3. The Labute approximate surface area is 109 Å². The van der Waals surface area contributed by atoms with E-state index in [0.717, 1.165) is 24.3 Å². The van der Waals surface area contributed by atoms with Gasteiger partial charge in [-0.1, -0.05) is 0 Å². The molecule has 1 heterocycles. The molecule has 0 saturated carbocycles. The third-order valence-corrected chi connectivity index (χ3v) is 2.19. The van der Waals surface area contributed by atoms with Gasteiger partial charge in [-0.3, -0.25) is 0 Å². The maximum absolute atomic E-state index is 13.0. The van der Waals surface area contributed by atoms with E-state index in [-0.39, 0.29) is 11.5 Å². The Morgan fingerprint density at radius 3 is 2.30 bits per heavy atom. The van der Waals surface area contributed by atoms with Crippen LogP contribution in [0.15, 0.2) is 24.3 Å². The molecule has 0 bridgehead atoms. The van der Waals surface area contributed by atoms with Crippen molar-refractivity contribution in [3.05, 3.63) is 41.7 Å². The van der Waals surface area contributed by atoms with Gasteiger partial charge in [0.25, 0.3) is 0 Å². The highest BCUT2D eigenvalue weighted by molar-refractivity contribution is 5.58. The minimum atomic E-state index is -4.76. The van der Waals surface area contributed by atoms with Gasteiger partial charge in [0.05, 0.1) is 0 Å². The molecule has 2 rings (SSSR count). The zero-order valence-corrected chi connectivity index (χ0v) is 9.67. The summed E-state index contributed by atoms with van der Waals surface area (Å²) in [6.45, 7) is 0. The van der Waals surface area contributed by atoms with Crippen LogP contribution in [-0.4, -0.2) is 9.97 Å². The fourth-order valence-corrected chi connectivity index (χ4v) is 1.38. The Balaban J connectivity index is 2.33. The molecule has 0 radical (unpaired) electrons. The van der Waals surface area contributed by atoms with Crippen molar-refractivity contribution in [3.8, 4) is 0 Å². The van der Waals surface area contributed by atoms with Gasteiger partial charge in [0.2, 0.25) is 5.82 Å². The van der Waals surface area contributed by atoms with Gasteiger partial charge in [0, 0.05) is 17.8 Å². The summed E-state index contributed by atoms with van der Waals surface area (Å²) in [7, 11) is 0. The number of nitrogens with one attached hydrogen (secondary N) is 1. The first-order valence-corrected chi connectivity index (χ1v) is 5.19. The van der Waals surface area contributed by atoms with Gasteiger partial charge in [0.15, 0.2) is 11.6 Å². The van der Waals surface area contributed by atoms with Crippen LogP contribution in [0.25, 0.3) is 0 Å². The molecule has 3 N–H and O–H groups in total. The van der Waals surface area contributed by atoms with Crippen molar-refractivity contribution in [2.24, 2.45) is 0 Å². The van der Waals surface area contributed by atoms with Crippen LogP contribution in [0.4, 0.5) is 39.3 Å². The lowest BCUT2D eigenvalue weighted by Gasteiger charge is -2.10. The molecule has 1 aromatic heterocycles. The standard InChI is InChI=1S/C11H7F5N4/c12-6-2-1-5(3-7(6)13)18-9-4-8(17)19-10(20-9)11(14,15)16/h1-4H,(H3,17,18,19,20). The van der Waals surface area contributed by atoms with Gasteiger partial charge >= 0.3 is 6.18 Å². The first-order valence-electron chi connectivity index (χ1n) is 5.19. The number of benzene rings is 1. The molecule has 106 valence electrons. The van der Waals surface area contributed by atoms with Gasteiger partial charge in [-0.25, -0.2) is 18.7 Å². The van der Waals surface area contributed by atoms with Crippen molar-refractivity contribution in [2.75, 3.05) is 11.1 Å². The summed E-state index contributed by atoms with van der Waals surface area (Å²) in [6.07, 6.45) is -4.76. The predicted octanol–water partition coefficient (Wildman–Crippen LogP) is 3.10. The first kappa shape index (κ1) is 14.0. The number of aromatic nitrogens is 2. The van der Waals surface area contributed by atoms with E-state index in [2.05, 4.69) is 15.3 Å². The van der Waals surface area contributed by atoms with Gasteiger partial charge < -0.3 is 11.1 Å². The summed E-state index contributed by atoms with van der Waals surface area (Å²) in [5.74, 6) is -4.34. The Morgan fingerprint density at radius 1 is 1.00 bits per heavy atom. The van der Waals surface area contributed by atoms with Crippen LogP contribution < -0.4 is 11.1 Å². The van der Waals surface area contributed by atoms with E-state index in [1.807, 2.05) is 0 Å². The number of anilines is 3. The van der Waals surface area contributed by atoms with Crippen LogP contribution in [0.5, 0.6) is 0 Å². The molecule has 20 heavy (non-hydrogen) atoms. The topological polar surface area (TPSA) is 63.8 Å². The van der Waals surface area contributed by atoms with Crippen molar-refractivity contribution in [1.82, 2.24) is 9.97 Å². The van der Waals surface area contributed by atoms with Gasteiger partial charge in [-0.2, -0.15) is 13.2 Å². The fraction of sp³-hybridized carbons (Fsp3) is 0.0909. The Hall–Kier alpha value is -2.45. The molecule has 0 amide bonds. The summed E-state index contributed by atoms with van der Waals surface area (Å²) < 4.78 is 63.2. The van der Waals surface area contributed by atoms with E-state index in [0.29, 0.717) is 0 Å². The van der Waals surface area contributed by atoms with Crippen molar-refractivity contribution >= 4 is 17.3 Å². The number of nitrogens with two attached hydrogens (primary N) is 1. The lowest BCUT2D eigenvalue weighted by Crippen LogP contribution is -2.13. The first-order chi connectivity index (χ1) is 9.25. The molecule has 1 aromatic carbocycles. The monoisotopic (exact) mass is 290 g/mol. The quantitative estimate of drug-likeness (QED) is 0.834. The van der Waals surface area contributed by atoms with E-state index >= 15 is 0 Å². The minimum absolute atomic E-state index is 0.0233. The smallest absolute Gasteiger partial charge is 0.384 e. The molecule has 0 aliphatic carbocycles. The van der Waals surface area contributed by atoms with Crippen LogP contribution in [0.3, 0.4) is 0 Å². The molecule has 0 atom stereocenters. The lowest BCUT2D eigenvalue weighted by molar-refractivity contribution is -0.144. The third-order valence-electron chi connectivity index (χ3n) is 2.19. The van der Waals surface area contributed by atoms with E-state index in [1.165, 1.54) is 0 Å². The second-order valence-corrected chi connectivity index (χ2v) is 3.75. The third kappa shape index (κ3) is 3.11. The van der Waals surface area contributed by atoms with Crippen LogP contribution >= 0.6 is 0 Å². The maximum atomic E-state index is 13.0. The minimum Gasteiger partial charge on any atom is -0.384 e. The SMILES string of the molecule is Nc1cc(Nc2ccc(F)c(F)c2)nc(C(F)(F)F)n1. The van der Waals surface area contributed by atoms with Crippen molar-refractivity contribution in [2.45, 2.75) is 6.18 Å². The highest BCUT2D eigenvalue weighted by atomic mass is 19.4. The average Bonchev–Trinajstić information content (AvgIpc) is 2.32. The van der Waals surface area contributed by atoms with Crippen LogP contribution in [0, 0.1) is 11.6 Å². The molecule has 0 saturated heterocycles. The molecule has 0 fully saturated rings. The van der Waals surface area contributed by atoms with Gasteiger partial charge in [-0.05, 0) is 12.1 Å². The Morgan fingerprint density at radius 2 is 1.70 bits per heavy atom. The summed E-state index contributed by atoms with van der Waals surface area (Å²) in [5.41, 5.74) is 5.26. The average molecular weight is 290 g/mol. The number of nitrogens with zero attached hydrogens (tertiary/aromatic N) is 2. The number of rotatable bonds is 2. The van der Waals surface area contributed by atoms with E-state index in [1.54, 1.807) is 0 Å². The molecule has 4 nitrogen and oxygen atoms in total. The summed E-state index contributed by atoms with van der Waals surface area (Å²) in [5, 5.41) is 2.39. The van der Waals surface area contributed by atoms with E-state index in [9.17, 15) is 22.0 Å². The highest BCUT2D eigenvalue weighted by Crippen LogP contribution is 2.28. The maximum Gasteiger partial charge on any atom is 0.451 e. The van der Waals surface area contributed by atoms with Crippen LogP contribution in [0.1, 0.15) is 5.82 Å². The molecule has 2 aromatic rings. The van der Waals surface area contributed by atoms with Crippen molar-refractivity contribution in [3.63, 3.8) is 0 Å². The summed E-state index contributed by atoms with van der Waals surface area (Å²) >= 11 is 0. The Kier molecular flexibility index (Phi) is 3.43. The molecule has 9 heteroatoms. The summed E-state index contributed by atoms with van der Waals surface area (Å²) in [4.78, 5) is 6.25. The second-order valence-electron chi connectivity index (χ2n) is 3.75. The van der Waals surface area contributed by atoms with Gasteiger partial charge in [0.1, 0.15) is 11.6 Å². The molecule has 0 spiro atoms. The molecular formula is C11H7F5N4. The van der Waals surface area contributed by atoms with Crippen LogP contribution in [-0.2, 0) is 6.18 Å². The number of hydrogen-bond acceptors (Lipinski definition) is 4. The number of nitrogen functional groups attached to an aromatic ring is 1. The molecule has 0 unspecified atom stereocenters. The molecule has 0 aliphatic heterocycles. The van der Waals surface area contributed by atoms with E-state index in [4.69, 9.17) is 5.73 Å². The van der Waals surface area contributed by atoms with Crippen molar-refractivity contribution in [1.29, 1.82) is 0 Å². The zero-order valence-electron chi connectivity index (χ0n) is 9.67.